The number of rotatable bonds is 10. The largest absolute Gasteiger partial charge is 0.497 e. The smallest absolute Gasteiger partial charge is 0.307 e. The van der Waals surface area contributed by atoms with Crippen LogP contribution in [-0.2, 0) is 16.1 Å². The third kappa shape index (κ3) is 6.44. The standard InChI is InChI=1S/C27H30BrNO3/c1-4-32-27(30)18-26(23-15-24(28)17-25(16-23)31-3)29(19-21-11-7-5-8-12-21)20(2)22-13-9-6-10-14-22/h5-17,20,26H,4,18-19H2,1-3H3/t20-,26+/m1/s1. The minimum absolute atomic E-state index is 0.0702. The van der Waals surface area contributed by atoms with E-state index < -0.39 is 0 Å². The molecule has 2 atom stereocenters. The topological polar surface area (TPSA) is 38.8 Å². The molecule has 0 spiro atoms. The molecule has 0 saturated carbocycles. The fourth-order valence-electron chi connectivity index (χ4n) is 3.93. The van der Waals surface area contributed by atoms with Crippen LogP contribution in [0.2, 0.25) is 0 Å². The van der Waals surface area contributed by atoms with Crippen molar-refractivity contribution in [1.29, 1.82) is 0 Å². The van der Waals surface area contributed by atoms with Crippen molar-refractivity contribution in [3.8, 4) is 5.75 Å². The van der Waals surface area contributed by atoms with Crippen LogP contribution in [0.1, 0.15) is 49.0 Å². The minimum atomic E-state index is -0.213. The van der Waals surface area contributed by atoms with E-state index in [1.54, 1.807) is 7.11 Å². The average Bonchev–Trinajstić information content (AvgIpc) is 2.82. The van der Waals surface area contributed by atoms with E-state index in [1.165, 1.54) is 11.1 Å². The van der Waals surface area contributed by atoms with Crippen molar-refractivity contribution >= 4 is 21.9 Å². The molecule has 5 heteroatoms. The van der Waals surface area contributed by atoms with Crippen molar-refractivity contribution in [1.82, 2.24) is 4.90 Å². The Bertz CT molecular complexity index is 994. The number of methoxy groups -OCH3 is 1. The van der Waals surface area contributed by atoms with E-state index >= 15 is 0 Å². The normalized spacial score (nSPS) is 12.9. The molecule has 0 amide bonds. The zero-order chi connectivity index (χ0) is 22.9. The van der Waals surface area contributed by atoms with Crippen LogP contribution in [0, 0.1) is 0 Å². The van der Waals surface area contributed by atoms with Crippen LogP contribution in [0.25, 0.3) is 0 Å². The van der Waals surface area contributed by atoms with E-state index in [2.05, 4.69) is 70.2 Å². The van der Waals surface area contributed by atoms with Crippen molar-refractivity contribution in [2.75, 3.05) is 13.7 Å². The first-order valence-electron chi connectivity index (χ1n) is 10.9. The highest BCUT2D eigenvalue weighted by molar-refractivity contribution is 9.10. The summed E-state index contributed by atoms with van der Waals surface area (Å²) >= 11 is 3.60. The molecule has 0 unspecified atom stereocenters. The first kappa shape index (κ1) is 24.0. The van der Waals surface area contributed by atoms with Crippen molar-refractivity contribution in [2.45, 2.75) is 38.9 Å². The molecule has 3 aromatic carbocycles. The van der Waals surface area contributed by atoms with E-state index in [-0.39, 0.29) is 24.5 Å². The Balaban J connectivity index is 2.08. The molecule has 0 bridgehead atoms. The second-order valence-electron chi connectivity index (χ2n) is 7.69. The van der Waals surface area contributed by atoms with Gasteiger partial charge in [0.15, 0.2) is 0 Å². The number of benzene rings is 3. The fraction of sp³-hybridized carbons (Fsp3) is 0.296. The monoisotopic (exact) mass is 495 g/mol. The van der Waals surface area contributed by atoms with Crippen molar-refractivity contribution in [3.05, 3.63) is 100 Å². The summed E-state index contributed by atoms with van der Waals surface area (Å²) in [7, 11) is 1.65. The van der Waals surface area contributed by atoms with Crippen molar-refractivity contribution in [3.63, 3.8) is 0 Å². The molecular weight excluding hydrogens is 466 g/mol. The Kier molecular flexibility index (Phi) is 8.89. The van der Waals surface area contributed by atoms with Crippen molar-refractivity contribution in [2.24, 2.45) is 0 Å². The molecule has 0 N–H and O–H groups in total. The molecule has 4 nitrogen and oxygen atoms in total. The van der Waals surface area contributed by atoms with Gasteiger partial charge in [-0.1, -0.05) is 76.6 Å². The Morgan fingerprint density at radius 3 is 2.25 bits per heavy atom. The zero-order valence-corrected chi connectivity index (χ0v) is 20.4. The van der Waals surface area contributed by atoms with Crippen LogP contribution >= 0.6 is 15.9 Å². The maximum absolute atomic E-state index is 12.7. The molecule has 0 saturated heterocycles. The first-order chi connectivity index (χ1) is 15.5. The summed E-state index contributed by atoms with van der Waals surface area (Å²) in [4.78, 5) is 15.1. The number of carbonyl (C=O) groups is 1. The van der Waals surface area contributed by atoms with Crippen molar-refractivity contribution < 1.29 is 14.3 Å². The molecule has 0 aliphatic heterocycles. The summed E-state index contributed by atoms with van der Waals surface area (Å²) in [6.07, 6.45) is 0.247. The quantitative estimate of drug-likeness (QED) is 0.292. The van der Waals surface area contributed by atoms with Gasteiger partial charge in [-0.2, -0.15) is 0 Å². The Morgan fingerprint density at radius 1 is 0.969 bits per heavy atom. The molecule has 0 aromatic heterocycles. The SMILES string of the molecule is CCOC(=O)C[C@@H](c1cc(Br)cc(OC)c1)N(Cc1ccccc1)[C@H](C)c1ccccc1. The van der Waals surface area contributed by atoms with Gasteiger partial charge in [-0.25, -0.2) is 0 Å². The molecule has 0 heterocycles. The number of esters is 1. The van der Waals surface area contributed by atoms with E-state index in [9.17, 15) is 4.79 Å². The third-order valence-corrected chi connectivity index (χ3v) is 6.03. The molecule has 3 rings (SSSR count). The Labute approximate surface area is 199 Å². The molecular formula is C27H30BrNO3. The lowest BCUT2D eigenvalue weighted by Crippen LogP contribution is -2.33. The van der Waals surface area contributed by atoms with E-state index in [0.29, 0.717) is 13.2 Å². The summed E-state index contributed by atoms with van der Waals surface area (Å²) in [5.41, 5.74) is 3.38. The van der Waals surface area contributed by atoms with Crippen LogP contribution in [0.4, 0.5) is 0 Å². The van der Waals surface area contributed by atoms with E-state index in [0.717, 1.165) is 15.8 Å². The average molecular weight is 496 g/mol. The highest BCUT2D eigenvalue weighted by Gasteiger charge is 2.29. The number of hydrogen-bond donors (Lipinski definition) is 0. The Morgan fingerprint density at radius 2 is 1.62 bits per heavy atom. The molecule has 0 radical (unpaired) electrons. The summed E-state index contributed by atoms with van der Waals surface area (Å²) in [6, 6.07) is 26.6. The van der Waals surface area contributed by atoms with Gasteiger partial charge >= 0.3 is 5.97 Å². The Hall–Kier alpha value is -2.63. The van der Waals surface area contributed by atoms with Crippen LogP contribution in [0.15, 0.2) is 83.3 Å². The minimum Gasteiger partial charge on any atom is -0.497 e. The molecule has 32 heavy (non-hydrogen) atoms. The number of ether oxygens (including phenoxy) is 2. The lowest BCUT2D eigenvalue weighted by molar-refractivity contribution is -0.145. The predicted octanol–water partition coefficient (Wildman–Crippen LogP) is 6.72. The summed E-state index contributed by atoms with van der Waals surface area (Å²) < 4.78 is 11.8. The molecule has 0 fully saturated rings. The maximum Gasteiger partial charge on any atom is 0.307 e. The maximum atomic E-state index is 12.7. The number of carbonyl (C=O) groups excluding carboxylic acids is 1. The summed E-state index contributed by atoms with van der Waals surface area (Å²) in [5, 5.41) is 0. The van der Waals surface area contributed by atoms with Crippen LogP contribution in [0.3, 0.4) is 0 Å². The van der Waals surface area contributed by atoms with E-state index in [1.807, 2.05) is 43.3 Å². The van der Waals surface area contributed by atoms with Gasteiger partial charge in [0.05, 0.1) is 20.1 Å². The second kappa shape index (κ2) is 11.8. The number of hydrogen-bond acceptors (Lipinski definition) is 4. The van der Waals surface area contributed by atoms with Gasteiger partial charge in [-0.05, 0) is 48.7 Å². The van der Waals surface area contributed by atoms with Gasteiger partial charge in [-0.15, -0.1) is 0 Å². The number of nitrogens with zero attached hydrogens (tertiary/aromatic N) is 1. The highest BCUT2D eigenvalue weighted by Crippen LogP contribution is 2.37. The fourth-order valence-corrected chi connectivity index (χ4v) is 4.42. The first-order valence-corrected chi connectivity index (χ1v) is 11.7. The van der Waals surface area contributed by atoms with Gasteiger partial charge in [-0.3, -0.25) is 9.69 Å². The molecule has 3 aromatic rings. The zero-order valence-electron chi connectivity index (χ0n) is 18.8. The summed E-state index contributed by atoms with van der Waals surface area (Å²) in [5.74, 6) is 0.532. The molecule has 0 aliphatic carbocycles. The van der Waals surface area contributed by atoms with Gasteiger partial charge in [0.2, 0.25) is 0 Å². The lowest BCUT2D eigenvalue weighted by Gasteiger charge is -2.37. The predicted molar refractivity (Wildman–Crippen MR) is 132 cm³/mol. The third-order valence-electron chi connectivity index (χ3n) is 5.57. The van der Waals surface area contributed by atoms with Crippen LogP contribution in [0.5, 0.6) is 5.75 Å². The number of halogens is 1. The van der Waals surface area contributed by atoms with Crippen LogP contribution in [-0.4, -0.2) is 24.6 Å². The summed E-state index contributed by atoms with van der Waals surface area (Å²) in [6.45, 7) is 5.07. The van der Waals surface area contributed by atoms with Gasteiger partial charge in [0, 0.05) is 23.1 Å². The van der Waals surface area contributed by atoms with Crippen LogP contribution < -0.4 is 4.74 Å². The highest BCUT2D eigenvalue weighted by atomic mass is 79.9. The second-order valence-corrected chi connectivity index (χ2v) is 8.61. The molecule has 168 valence electrons. The van der Waals surface area contributed by atoms with Gasteiger partial charge in [0.25, 0.3) is 0 Å². The van der Waals surface area contributed by atoms with E-state index in [4.69, 9.17) is 9.47 Å². The van der Waals surface area contributed by atoms with Gasteiger partial charge in [0.1, 0.15) is 5.75 Å². The van der Waals surface area contributed by atoms with Gasteiger partial charge < -0.3 is 9.47 Å². The molecule has 0 aliphatic rings. The lowest BCUT2D eigenvalue weighted by atomic mass is 9.96.